The Bertz CT molecular complexity index is 427. The first kappa shape index (κ1) is 15.7. The molecule has 1 rings (SSSR count). The molecule has 0 heterocycles. The zero-order valence-corrected chi connectivity index (χ0v) is 12.9. The second-order valence-electron chi connectivity index (χ2n) is 6.09. The molecule has 0 amide bonds. The van der Waals surface area contributed by atoms with Crippen LogP contribution in [0, 0.1) is 6.92 Å². The van der Waals surface area contributed by atoms with Crippen molar-refractivity contribution in [3.8, 4) is 5.75 Å². The van der Waals surface area contributed by atoms with Crippen LogP contribution >= 0.6 is 0 Å². The Morgan fingerprint density at radius 2 is 1.95 bits per heavy atom. The van der Waals surface area contributed by atoms with E-state index < -0.39 is 0 Å². The maximum atomic E-state index is 11.2. The number of carbonyl (C=O) groups is 1. The molecule has 0 aliphatic rings. The Kier molecular flexibility index (Phi) is 5.59. The lowest BCUT2D eigenvalue weighted by Gasteiger charge is -2.23. The molecule has 0 unspecified atom stereocenters. The molecule has 2 nitrogen and oxygen atoms in total. The molecule has 0 fully saturated rings. The van der Waals surface area contributed by atoms with Crippen LogP contribution in [0.1, 0.15) is 58.1 Å². The fourth-order valence-corrected chi connectivity index (χ4v) is 2.00. The molecule has 0 spiro atoms. The van der Waals surface area contributed by atoms with Gasteiger partial charge in [-0.1, -0.05) is 39.8 Å². The van der Waals surface area contributed by atoms with Crippen molar-refractivity contribution in [2.24, 2.45) is 0 Å². The van der Waals surface area contributed by atoms with Gasteiger partial charge in [-0.05, 0) is 36.0 Å². The Morgan fingerprint density at radius 3 is 2.53 bits per heavy atom. The van der Waals surface area contributed by atoms with Gasteiger partial charge >= 0.3 is 0 Å². The first-order valence-corrected chi connectivity index (χ1v) is 7.10. The van der Waals surface area contributed by atoms with Crippen molar-refractivity contribution in [1.82, 2.24) is 0 Å². The second-order valence-corrected chi connectivity index (χ2v) is 6.09. The summed E-state index contributed by atoms with van der Waals surface area (Å²) in [6.07, 6.45) is 2.04. The van der Waals surface area contributed by atoms with Crippen LogP contribution in [0.4, 0.5) is 0 Å². The number of ether oxygens (including phenoxy) is 1. The van der Waals surface area contributed by atoms with E-state index in [1.165, 1.54) is 11.1 Å². The average molecular weight is 262 g/mol. The number of hydrogen-bond acceptors (Lipinski definition) is 2. The van der Waals surface area contributed by atoms with E-state index in [0.717, 1.165) is 12.2 Å². The van der Waals surface area contributed by atoms with Gasteiger partial charge in [-0.15, -0.1) is 0 Å². The third-order valence-corrected chi connectivity index (χ3v) is 3.20. The van der Waals surface area contributed by atoms with Crippen LogP contribution in [0.25, 0.3) is 0 Å². The Balaban J connectivity index is 2.66. The minimum absolute atomic E-state index is 0.0717. The average Bonchev–Trinajstić information content (AvgIpc) is 2.32. The van der Waals surface area contributed by atoms with E-state index in [1.807, 2.05) is 6.92 Å². The van der Waals surface area contributed by atoms with E-state index >= 15 is 0 Å². The van der Waals surface area contributed by atoms with Crippen molar-refractivity contribution in [2.75, 3.05) is 6.61 Å². The molecular weight excluding hydrogens is 236 g/mol. The maximum absolute atomic E-state index is 11.2. The Labute approximate surface area is 117 Å². The van der Waals surface area contributed by atoms with Gasteiger partial charge in [0.15, 0.2) is 0 Å². The lowest BCUT2D eigenvalue weighted by atomic mass is 9.86. The molecule has 0 saturated heterocycles. The topological polar surface area (TPSA) is 26.3 Å². The van der Waals surface area contributed by atoms with Crippen molar-refractivity contribution in [2.45, 2.75) is 59.3 Å². The fraction of sp³-hybridized carbons (Fsp3) is 0.588. The number of benzene rings is 1. The molecule has 106 valence electrons. The number of ketones is 1. The normalized spacial score (nSPS) is 11.4. The molecular formula is C17H26O2. The minimum Gasteiger partial charge on any atom is -0.493 e. The standard InChI is InChI=1S/C17H26O2/c1-6-14(18)8-7-11-19-16-12-13(2)9-10-15(16)17(3,4)5/h9-10,12H,6-8,11H2,1-5H3. The van der Waals surface area contributed by atoms with Crippen LogP contribution < -0.4 is 4.74 Å². The summed E-state index contributed by atoms with van der Waals surface area (Å²) in [5.41, 5.74) is 2.50. The number of aryl methyl sites for hydroxylation is 1. The van der Waals surface area contributed by atoms with E-state index in [2.05, 4.69) is 45.9 Å². The van der Waals surface area contributed by atoms with Crippen LogP contribution in [0.2, 0.25) is 0 Å². The van der Waals surface area contributed by atoms with E-state index in [9.17, 15) is 4.79 Å². The van der Waals surface area contributed by atoms with Gasteiger partial charge in [-0.3, -0.25) is 4.79 Å². The summed E-state index contributed by atoms with van der Waals surface area (Å²) in [5, 5.41) is 0. The summed E-state index contributed by atoms with van der Waals surface area (Å²) in [7, 11) is 0. The van der Waals surface area contributed by atoms with Gasteiger partial charge in [0.1, 0.15) is 11.5 Å². The number of hydrogen-bond donors (Lipinski definition) is 0. The molecule has 1 aromatic rings. The lowest BCUT2D eigenvalue weighted by molar-refractivity contribution is -0.118. The van der Waals surface area contributed by atoms with Crippen LogP contribution in [-0.4, -0.2) is 12.4 Å². The van der Waals surface area contributed by atoms with Crippen LogP contribution in [-0.2, 0) is 10.2 Å². The smallest absolute Gasteiger partial charge is 0.132 e. The van der Waals surface area contributed by atoms with Gasteiger partial charge in [0.25, 0.3) is 0 Å². The summed E-state index contributed by atoms with van der Waals surface area (Å²) in [6.45, 7) is 11.1. The molecule has 2 heteroatoms. The highest BCUT2D eigenvalue weighted by atomic mass is 16.5. The van der Waals surface area contributed by atoms with Crippen molar-refractivity contribution in [3.05, 3.63) is 29.3 Å². The van der Waals surface area contributed by atoms with Crippen molar-refractivity contribution >= 4 is 5.78 Å². The zero-order chi connectivity index (χ0) is 14.5. The molecule has 0 bridgehead atoms. The van der Waals surface area contributed by atoms with E-state index in [-0.39, 0.29) is 5.41 Å². The highest BCUT2D eigenvalue weighted by Crippen LogP contribution is 2.32. The first-order chi connectivity index (χ1) is 8.84. The van der Waals surface area contributed by atoms with Gasteiger partial charge in [0.05, 0.1) is 6.61 Å². The van der Waals surface area contributed by atoms with Crippen LogP contribution in [0.15, 0.2) is 18.2 Å². The molecule has 0 N–H and O–H groups in total. The van der Waals surface area contributed by atoms with Crippen LogP contribution in [0.3, 0.4) is 0 Å². The molecule has 0 aliphatic carbocycles. The minimum atomic E-state index is 0.0717. The molecule has 0 atom stereocenters. The van der Waals surface area contributed by atoms with E-state index in [0.29, 0.717) is 25.2 Å². The summed E-state index contributed by atoms with van der Waals surface area (Å²) in [5.74, 6) is 1.26. The molecule has 19 heavy (non-hydrogen) atoms. The molecule has 0 saturated carbocycles. The highest BCUT2D eigenvalue weighted by molar-refractivity contribution is 5.77. The molecule has 0 aliphatic heterocycles. The van der Waals surface area contributed by atoms with Crippen LogP contribution in [0.5, 0.6) is 5.75 Å². The Morgan fingerprint density at radius 1 is 1.26 bits per heavy atom. The van der Waals surface area contributed by atoms with Gasteiger partial charge < -0.3 is 4.74 Å². The van der Waals surface area contributed by atoms with Crippen molar-refractivity contribution < 1.29 is 9.53 Å². The number of rotatable bonds is 6. The molecule has 1 aromatic carbocycles. The first-order valence-electron chi connectivity index (χ1n) is 7.10. The SMILES string of the molecule is CCC(=O)CCCOc1cc(C)ccc1C(C)(C)C. The molecule has 0 aromatic heterocycles. The summed E-state index contributed by atoms with van der Waals surface area (Å²) in [6, 6.07) is 6.35. The summed E-state index contributed by atoms with van der Waals surface area (Å²) >= 11 is 0. The highest BCUT2D eigenvalue weighted by Gasteiger charge is 2.18. The second kappa shape index (κ2) is 6.74. The third-order valence-electron chi connectivity index (χ3n) is 3.20. The zero-order valence-electron chi connectivity index (χ0n) is 12.9. The third kappa shape index (κ3) is 5.06. The maximum Gasteiger partial charge on any atom is 0.132 e. The summed E-state index contributed by atoms with van der Waals surface area (Å²) < 4.78 is 5.89. The summed E-state index contributed by atoms with van der Waals surface area (Å²) in [4.78, 5) is 11.2. The van der Waals surface area contributed by atoms with E-state index in [4.69, 9.17) is 4.74 Å². The fourth-order valence-electron chi connectivity index (χ4n) is 2.00. The monoisotopic (exact) mass is 262 g/mol. The number of carbonyl (C=O) groups excluding carboxylic acids is 1. The quantitative estimate of drug-likeness (QED) is 0.709. The van der Waals surface area contributed by atoms with Gasteiger partial charge in [0.2, 0.25) is 0 Å². The molecule has 0 radical (unpaired) electrons. The Hall–Kier alpha value is -1.31. The van der Waals surface area contributed by atoms with Gasteiger partial charge in [0, 0.05) is 12.8 Å². The van der Waals surface area contributed by atoms with Crippen molar-refractivity contribution in [1.29, 1.82) is 0 Å². The van der Waals surface area contributed by atoms with Gasteiger partial charge in [-0.2, -0.15) is 0 Å². The predicted molar refractivity (Wildman–Crippen MR) is 79.9 cm³/mol. The number of Topliss-reactive ketones (excluding diaryl/α,β-unsaturated/α-hetero) is 1. The lowest BCUT2D eigenvalue weighted by Crippen LogP contribution is -2.14. The van der Waals surface area contributed by atoms with E-state index in [1.54, 1.807) is 0 Å². The largest absolute Gasteiger partial charge is 0.493 e. The van der Waals surface area contributed by atoms with Crippen molar-refractivity contribution in [3.63, 3.8) is 0 Å². The predicted octanol–water partition coefficient (Wildman–Crippen LogP) is 4.43. The van der Waals surface area contributed by atoms with Gasteiger partial charge in [-0.25, -0.2) is 0 Å².